The van der Waals surface area contributed by atoms with E-state index in [-0.39, 0.29) is 5.91 Å². The smallest absolute Gasteiger partial charge is 0.273 e. The summed E-state index contributed by atoms with van der Waals surface area (Å²) in [6.07, 6.45) is 2.38. The molecule has 4 heteroatoms. The van der Waals surface area contributed by atoms with E-state index in [0.717, 1.165) is 11.3 Å². The third-order valence-electron chi connectivity index (χ3n) is 2.87. The summed E-state index contributed by atoms with van der Waals surface area (Å²) >= 11 is 0. The Labute approximate surface area is 118 Å². The van der Waals surface area contributed by atoms with Gasteiger partial charge in [0, 0.05) is 25.4 Å². The summed E-state index contributed by atoms with van der Waals surface area (Å²) < 4.78 is 0. The van der Waals surface area contributed by atoms with Gasteiger partial charge in [0.05, 0.1) is 5.56 Å². The van der Waals surface area contributed by atoms with E-state index in [2.05, 4.69) is 15.8 Å². The number of hydrogen-bond donors (Lipinski definition) is 2. The van der Waals surface area contributed by atoms with Crippen LogP contribution in [0.5, 0.6) is 0 Å². The van der Waals surface area contributed by atoms with Crippen molar-refractivity contribution >= 4 is 17.8 Å². The molecule has 2 aromatic carbocycles. The summed E-state index contributed by atoms with van der Waals surface area (Å²) in [5, 5.41) is 6.95. The van der Waals surface area contributed by atoms with Crippen molar-refractivity contribution < 1.29 is 4.79 Å². The number of rotatable bonds is 5. The molecule has 0 saturated carbocycles. The molecule has 2 aromatic rings. The summed E-state index contributed by atoms with van der Waals surface area (Å²) in [5.41, 5.74) is 5.04. The van der Waals surface area contributed by atoms with Crippen LogP contribution in [0.3, 0.4) is 0 Å². The molecule has 2 rings (SSSR count). The molecule has 102 valence electrons. The monoisotopic (exact) mass is 267 g/mol. The predicted molar refractivity (Wildman–Crippen MR) is 82.1 cm³/mol. The molecule has 0 aliphatic carbocycles. The molecule has 0 heterocycles. The summed E-state index contributed by atoms with van der Waals surface area (Å²) in [5.74, 6) is -0.223. The van der Waals surface area contributed by atoms with E-state index in [9.17, 15) is 4.79 Å². The normalized spacial score (nSPS) is 10.4. The number of nitrogens with zero attached hydrogens (tertiary/aromatic N) is 1. The summed E-state index contributed by atoms with van der Waals surface area (Å²) in [4.78, 5) is 12.0. The molecule has 0 saturated heterocycles. The van der Waals surface area contributed by atoms with Crippen LogP contribution in [0.15, 0.2) is 59.7 Å². The number of carbonyl (C=O) groups excluding carboxylic acids is 1. The topological polar surface area (TPSA) is 53.5 Å². The van der Waals surface area contributed by atoms with Crippen molar-refractivity contribution in [2.75, 3.05) is 12.4 Å². The number of amides is 1. The first-order chi connectivity index (χ1) is 9.81. The Kier molecular flexibility index (Phi) is 4.89. The maximum absolute atomic E-state index is 12.0. The number of anilines is 1. The Hall–Kier alpha value is -2.62. The van der Waals surface area contributed by atoms with E-state index in [1.165, 1.54) is 0 Å². The van der Waals surface area contributed by atoms with Crippen LogP contribution in [0.4, 0.5) is 5.69 Å². The summed E-state index contributed by atoms with van der Waals surface area (Å²) in [7, 11) is 1.78. The average Bonchev–Trinajstić information content (AvgIpc) is 2.52. The Morgan fingerprint density at radius 2 is 1.80 bits per heavy atom. The van der Waals surface area contributed by atoms with Crippen molar-refractivity contribution in [2.24, 2.45) is 5.10 Å². The zero-order valence-corrected chi connectivity index (χ0v) is 11.3. The minimum atomic E-state index is -0.223. The number of benzene rings is 2. The highest BCUT2D eigenvalue weighted by atomic mass is 16.2. The molecule has 0 fully saturated rings. The molecule has 0 radical (unpaired) electrons. The zero-order chi connectivity index (χ0) is 14.2. The predicted octanol–water partition coefficient (Wildman–Crippen LogP) is 2.69. The van der Waals surface area contributed by atoms with Gasteiger partial charge in [-0.15, -0.1) is 0 Å². The fourth-order valence-corrected chi connectivity index (χ4v) is 1.83. The summed E-state index contributed by atoms with van der Waals surface area (Å²) in [6.45, 7) is 0. The van der Waals surface area contributed by atoms with Crippen molar-refractivity contribution in [3.63, 3.8) is 0 Å². The second-order valence-electron chi connectivity index (χ2n) is 4.24. The van der Waals surface area contributed by atoms with Crippen LogP contribution < -0.4 is 10.7 Å². The number of nitrogens with one attached hydrogen (secondary N) is 2. The van der Waals surface area contributed by atoms with Gasteiger partial charge in [-0.1, -0.05) is 42.5 Å². The molecule has 0 aliphatic rings. The Balaban J connectivity index is 1.92. The van der Waals surface area contributed by atoms with E-state index < -0.39 is 0 Å². The fourth-order valence-electron chi connectivity index (χ4n) is 1.83. The second-order valence-corrected chi connectivity index (χ2v) is 4.24. The third kappa shape index (κ3) is 3.68. The van der Waals surface area contributed by atoms with E-state index in [0.29, 0.717) is 12.0 Å². The molecule has 0 spiro atoms. The van der Waals surface area contributed by atoms with E-state index in [1.807, 2.05) is 48.5 Å². The van der Waals surface area contributed by atoms with E-state index in [1.54, 1.807) is 19.3 Å². The molecule has 0 atom stereocenters. The lowest BCUT2D eigenvalue weighted by molar-refractivity contribution is 0.0956. The molecule has 1 amide bonds. The lowest BCUT2D eigenvalue weighted by Gasteiger charge is -2.06. The van der Waals surface area contributed by atoms with Crippen molar-refractivity contribution in [2.45, 2.75) is 6.42 Å². The maximum Gasteiger partial charge on any atom is 0.273 e. The Morgan fingerprint density at radius 3 is 2.55 bits per heavy atom. The Morgan fingerprint density at radius 1 is 1.10 bits per heavy atom. The van der Waals surface area contributed by atoms with Gasteiger partial charge in [-0.3, -0.25) is 4.79 Å². The van der Waals surface area contributed by atoms with Gasteiger partial charge in [0.25, 0.3) is 5.91 Å². The van der Waals surface area contributed by atoms with Crippen LogP contribution in [0.2, 0.25) is 0 Å². The van der Waals surface area contributed by atoms with Crippen LogP contribution in [-0.2, 0) is 6.42 Å². The van der Waals surface area contributed by atoms with Gasteiger partial charge < -0.3 is 5.32 Å². The lowest BCUT2D eigenvalue weighted by Crippen LogP contribution is -2.19. The van der Waals surface area contributed by atoms with Gasteiger partial charge >= 0.3 is 0 Å². The summed E-state index contributed by atoms with van der Waals surface area (Å²) in [6, 6.07) is 17.3. The van der Waals surface area contributed by atoms with Crippen molar-refractivity contribution in [1.82, 2.24) is 5.43 Å². The van der Waals surface area contributed by atoms with E-state index >= 15 is 0 Å². The first-order valence-electron chi connectivity index (χ1n) is 6.44. The average molecular weight is 267 g/mol. The van der Waals surface area contributed by atoms with Crippen molar-refractivity contribution in [3.05, 3.63) is 65.7 Å². The first-order valence-corrected chi connectivity index (χ1v) is 6.44. The van der Waals surface area contributed by atoms with Crippen molar-refractivity contribution in [1.29, 1.82) is 0 Å². The molecular formula is C16H17N3O. The minimum Gasteiger partial charge on any atom is -0.387 e. The highest BCUT2D eigenvalue weighted by molar-refractivity contribution is 5.99. The second kappa shape index (κ2) is 7.09. The molecule has 20 heavy (non-hydrogen) atoms. The van der Waals surface area contributed by atoms with Gasteiger partial charge in [-0.25, -0.2) is 5.43 Å². The number of carbonyl (C=O) groups is 1. The van der Waals surface area contributed by atoms with Crippen molar-refractivity contribution in [3.8, 4) is 0 Å². The number of para-hydroxylation sites is 1. The van der Waals surface area contributed by atoms with Crippen LogP contribution in [-0.4, -0.2) is 19.2 Å². The van der Waals surface area contributed by atoms with Gasteiger partial charge in [0.2, 0.25) is 0 Å². The first kappa shape index (κ1) is 13.8. The molecule has 0 bridgehead atoms. The molecule has 0 unspecified atom stereocenters. The molecule has 2 N–H and O–H groups in total. The SMILES string of the molecule is CNc1ccccc1C(=O)N/N=C/Cc1ccccc1. The van der Waals surface area contributed by atoms with Crippen LogP contribution in [0.25, 0.3) is 0 Å². The number of hydrogen-bond acceptors (Lipinski definition) is 3. The minimum absolute atomic E-state index is 0.223. The zero-order valence-electron chi connectivity index (χ0n) is 11.3. The fraction of sp³-hybridized carbons (Fsp3) is 0.125. The van der Waals surface area contributed by atoms with Gasteiger partial charge in [0.15, 0.2) is 0 Å². The van der Waals surface area contributed by atoms with Crippen LogP contribution in [0.1, 0.15) is 15.9 Å². The highest BCUT2D eigenvalue weighted by Gasteiger charge is 2.08. The highest BCUT2D eigenvalue weighted by Crippen LogP contribution is 2.13. The molecule has 0 aliphatic heterocycles. The standard InChI is InChI=1S/C16H17N3O/c1-17-15-10-6-5-9-14(15)16(20)19-18-12-11-13-7-3-2-4-8-13/h2-10,12,17H,11H2,1H3,(H,19,20)/b18-12+. The van der Waals surface area contributed by atoms with Gasteiger partial charge in [0.1, 0.15) is 0 Å². The van der Waals surface area contributed by atoms with E-state index in [4.69, 9.17) is 0 Å². The van der Waals surface area contributed by atoms with Gasteiger partial charge in [-0.2, -0.15) is 5.10 Å². The van der Waals surface area contributed by atoms with Gasteiger partial charge in [-0.05, 0) is 17.7 Å². The molecular weight excluding hydrogens is 250 g/mol. The quantitative estimate of drug-likeness (QED) is 0.646. The molecule has 4 nitrogen and oxygen atoms in total. The third-order valence-corrected chi connectivity index (χ3v) is 2.87. The number of hydrazone groups is 1. The maximum atomic E-state index is 12.0. The van der Waals surface area contributed by atoms with Crippen LogP contribution >= 0.6 is 0 Å². The van der Waals surface area contributed by atoms with Crippen LogP contribution in [0, 0.1) is 0 Å². The Bertz CT molecular complexity index is 594. The lowest BCUT2D eigenvalue weighted by atomic mass is 10.1. The molecule has 0 aromatic heterocycles. The largest absolute Gasteiger partial charge is 0.387 e.